The Morgan fingerprint density at radius 1 is 0.810 bits per heavy atom. The minimum Gasteiger partial charge on any atom is -0.393 e. The summed E-state index contributed by atoms with van der Waals surface area (Å²) in [4.78, 5) is 0. The van der Waals surface area contributed by atoms with Crippen LogP contribution in [0.25, 0.3) is 0 Å². The fraction of sp³-hybridized carbons (Fsp3) is 1.00. The van der Waals surface area contributed by atoms with Gasteiger partial charge >= 0.3 is 0 Å². The van der Waals surface area contributed by atoms with Crippen LogP contribution in [0, 0.1) is 23.2 Å². The summed E-state index contributed by atoms with van der Waals surface area (Å²) in [5, 5.41) is 10.9. The first-order valence-electron chi connectivity index (χ1n) is 9.90. The molecule has 4 fully saturated rings. The quantitative estimate of drug-likeness (QED) is 0.540. The Kier molecular flexibility index (Phi) is 5.30. The maximum Gasteiger partial charge on any atom is 0.0596 e. The average molecular weight is 293 g/mol. The lowest BCUT2D eigenvalue weighted by atomic mass is 9.48. The van der Waals surface area contributed by atoms with Crippen LogP contribution in [-0.2, 0) is 0 Å². The highest BCUT2D eigenvalue weighted by molar-refractivity contribution is 5.04. The van der Waals surface area contributed by atoms with Gasteiger partial charge in [0.15, 0.2) is 0 Å². The van der Waals surface area contributed by atoms with Crippen LogP contribution in [0.4, 0.5) is 0 Å². The van der Waals surface area contributed by atoms with Crippen LogP contribution in [0.3, 0.4) is 0 Å². The molecule has 0 aromatic heterocycles. The Balaban J connectivity index is 1.38. The smallest absolute Gasteiger partial charge is 0.0596 e. The first kappa shape index (κ1) is 15.8. The van der Waals surface area contributed by atoms with E-state index in [0.717, 1.165) is 24.2 Å². The van der Waals surface area contributed by atoms with Crippen molar-refractivity contribution in [1.29, 1.82) is 0 Å². The highest BCUT2D eigenvalue weighted by atomic mass is 16.3. The summed E-state index contributed by atoms with van der Waals surface area (Å²) in [6, 6.07) is 0. The molecule has 4 aliphatic rings. The van der Waals surface area contributed by atoms with Crippen molar-refractivity contribution in [3.8, 4) is 0 Å². The Bertz CT molecular complexity index is 287. The number of aliphatic hydroxyl groups excluding tert-OH is 1. The Morgan fingerprint density at radius 3 is 1.81 bits per heavy atom. The minimum absolute atomic E-state index is 0.0153. The number of hydrogen-bond acceptors (Lipinski definition) is 1. The second-order valence-corrected chi connectivity index (χ2v) is 8.71. The Labute approximate surface area is 131 Å². The van der Waals surface area contributed by atoms with Gasteiger partial charge in [-0.15, -0.1) is 0 Å². The molecule has 0 spiro atoms. The normalized spacial score (nSPS) is 38.9. The van der Waals surface area contributed by atoms with Gasteiger partial charge in [-0.25, -0.2) is 0 Å². The van der Waals surface area contributed by atoms with Crippen molar-refractivity contribution in [2.45, 2.75) is 103 Å². The van der Waals surface area contributed by atoms with Crippen LogP contribution in [-0.4, -0.2) is 11.2 Å². The van der Waals surface area contributed by atoms with Crippen molar-refractivity contribution >= 4 is 0 Å². The van der Waals surface area contributed by atoms with E-state index in [1.54, 1.807) is 0 Å². The molecule has 0 heterocycles. The number of aliphatic hydroxyl groups is 1. The van der Waals surface area contributed by atoms with Crippen LogP contribution in [0.5, 0.6) is 0 Å². The highest BCUT2D eigenvalue weighted by Gasteiger charge is 2.53. The van der Waals surface area contributed by atoms with Gasteiger partial charge in [-0.1, -0.05) is 51.9 Å². The third kappa shape index (κ3) is 3.66. The maximum atomic E-state index is 10.9. The lowest BCUT2D eigenvalue weighted by Gasteiger charge is -2.58. The van der Waals surface area contributed by atoms with Crippen molar-refractivity contribution in [2.75, 3.05) is 0 Å². The summed E-state index contributed by atoms with van der Waals surface area (Å²) in [6.45, 7) is 2.28. The van der Waals surface area contributed by atoms with Crippen molar-refractivity contribution in [3.05, 3.63) is 0 Å². The van der Waals surface area contributed by atoms with Crippen LogP contribution < -0.4 is 0 Å². The number of hydrogen-bond donors (Lipinski definition) is 1. The molecule has 4 saturated carbocycles. The summed E-state index contributed by atoms with van der Waals surface area (Å²) in [5.74, 6) is 2.92. The Morgan fingerprint density at radius 2 is 1.29 bits per heavy atom. The van der Waals surface area contributed by atoms with Gasteiger partial charge in [0.25, 0.3) is 0 Å². The molecule has 0 radical (unpaired) electrons. The van der Waals surface area contributed by atoms with E-state index < -0.39 is 0 Å². The molecular weight excluding hydrogens is 256 g/mol. The largest absolute Gasteiger partial charge is 0.393 e. The number of unbranched alkanes of at least 4 members (excludes halogenated alkanes) is 6. The summed E-state index contributed by atoms with van der Waals surface area (Å²) < 4.78 is 0. The molecular formula is C20H36O. The fourth-order valence-corrected chi connectivity index (χ4v) is 6.19. The first-order valence-corrected chi connectivity index (χ1v) is 9.90. The third-order valence-corrected chi connectivity index (χ3v) is 6.87. The SMILES string of the molecule is CCCCCCCCCC(O)C12CC3CC(CC(C3)C1)C2. The van der Waals surface area contributed by atoms with E-state index in [1.165, 1.54) is 83.5 Å². The first-order chi connectivity index (χ1) is 10.2. The molecule has 0 saturated heterocycles. The predicted octanol–water partition coefficient (Wildman–Crippen LogP) is 5.70. The molecule has 4 aliphatic carbocycles. The van der Waals surface area contributed by atoms with Crippen molar-refractivity contribution in [2.24, 2.45) is 23.2 Å². The standard InChI is InChI=1S/C20H36O/c1-2-3-4-5-6-7-8-9-19(21)20-13-16-10-17(14-20)12-18(11-16)15-20/h16-19,21H,2-15H2,1H3. The molecule has 4 bridgehead atoms. The van der Waals surface area contributed by atoms with Crippen LogP contribution in [0.1, 0.15) is 96.8 Å². The van der Waals surface area contributed by atoms with Gasteiger partial charge in [-0.2, -0.15) is 0 Å². The molecule has 1 N–H and O–H groups in total. The molecule has 122 valence electrons. The zero-order chi connectivity index (χ0) is 14.7. The van der Waals surface area contributed by atoms with Crippen LogP contribution in [0.2, 0.25) is 0 Å². The summed E-state index contributed by atoms with van der Waals surface area (Å²) in [6.07, 6.45) is 19.2. The minimum atomic E-state index is 0.0153. The van der Waals surface area contributed by atoms with E-state index in [1.807, 2.05) is 0 Å². The fourth-order valence-electron chi connectivity index (χ4n) is 6.19. The second kappa shape index (κ2) is 7.02. The molecule has 1 atom stereocenters. The average Bonchev–Trinajstić information content (AvgIpc) is 2.44. The predicted molar refractivity (Wildman–Crippen MR) is 89.2 cm³/mol. The van der Waals surface area contributed by atoms with E-state index in [2.05, 4.69) is 6.92 Å². The van der Waals surface area contributed by atoms with Crippen LogP contribution >= 0.6 is 0 Å². The molecule has 4 rings (SSSR count). The van der Waals surface area contributed by atoms with E-state index >= 15 is 0 Å². The third-order valence-electron chi connectivity index (χ3n) is 6.87. The zero-order valence-electron chi connectivity index (χ0n) is 14.2. The maximum absolute atomic E-state index is 10.9. The summed E-state index contributed by atoms with van der Waals surface area (Å²) >= 11 is 0. The molecule has 1 heteroatoms. The second-order valence-electron chi connectivity index (χ2n) is 8.71. The van der Waals surface area contributed by atoms with Gasteiger partial charge in [-0.3, -0.25) is 0 Å². The van der Waals surface area contributed by atoms with Crippen molar-refractivity contribution < 1.29 is 5.11 Å². The molecule has 1 nitrogen and oxygen atoms in total. The van der Waals surface area contributed by atoms with Crippen LogP contribution in [0.15, 0.2) is 0 Å². The van der Waals surface area contributed by atoms with Gasteiger partial charge in [0, 0.05) is 0 Å². The monoisotopic (exact) mass is 292 g/mol. The molecule has 0 amide bonds. The van der Waals surface area contributed by atoms with Crippen molar-refractivity contribution in [3.63, 3.8) is 0 Å². The lowest BCUT2D eigenvalue weighted by Crippen LogP contribution is -2.51. The summed E-state index contributed by atoms with van der Waals surface area (Å²) in [7, 11) is 0. The molecule has 0 aromatic rings. The van der Waals surface area contributed by atoms with E-state index in [-0.39, 0.29) is 6.10 Å². The summed E-state index contributed by atoms with van der Waals surface area (Å²) in [5.41, 5.74) is 0.358. The zero-order valence-corrected chi connectivity index (χ0v) is 14.2. The number of rotatable bonds is 9. The van der Waals surface area contributed by atoms with Gasteiger partial charge in [0.1, 0.15) is 0 Å². The molecule has 1 unspecified atom stereocenters. The van der Waals surface area contributed by atoms with Gasteiger partial charge < -0.3 is 5.11 Å². The topological polar surface area (TPSA) is 20.2 Å². The molecule has 0 aliphatic heterocycles. The van der Waals surface area contributed by atoms with E-state index in [9.17, 15) is 5.11 Å². The van der Waals surface area contributed by atoms with Gasteiger partial charge in [0.05, 0.1) is 6.10 Å². The lowest BCUT2D eigenvalue weighted by molar-refractivity contribution is -0.122. The molecule has 0 aromatic carbocycles. The highest BCUT2D eigenvalue weighted by Crippen LogP contribution is 2.61. The Hall–Kier alpha value is -0.0400. The van der Waals surface area contributed by atoms with E-state index in [4.69, 9.17) is 0 Å². The van der Waals surface area contributed by atoms with Crippen molar-refractivity contribution in [1.82, 2.24) is 0 Å². The molecule has 21 heavy (non-hydrogen) atoms. The van der Waals surface area contributed by atoms with Gasteiger partial charge in [0.2, 0.25) is 0 Å². The van der Waals surface area contributed by atoms with E-state index in [0.29, 0.717) is 5.41 Å². The van der Waals surface area contributed by atoms with Gasteiger partial charge in [-0.05, 0) is 68.1 Å².